The zero-order valence-electron chi connectivity index (χ0n) is 12.5. The van der Waals surface area contributed by atoms with Crippen molar-refractivity contribution in [3.63, 3.8) is 0 Å². The summed E-state index contributed by atoms with van der Waals surface area (Å²) in [6.07, 6.45) is 1.56. The van der Waals surface area contributed by atoms with Crippen LogP contribution < -0.4 is 5.32 Å². The summed E-state index contributed by atoms with van der Waals surface area (Å²) in [5, 5.41) is 2.76. The van der Waals surface area contributed by atoms with Crippen molar-refractivity contribution >= 4 is 12.0 Å². The lowest BCUT2D eigenvalue weighted by Crippen LogP contribution is -2.36. The highest BCUT2D eigenvalue weighted by Gasteiger charge is 2.10. The number of carbonyl (C=O) groups excluding carboxylic acids is 2. The van der Waals surface area contributed by atoms with Crippen LogP contribution in [-0.4, -0.2) is 31.1 Å². The molecule has 116 valence electrons. The van der Waals surface area contributed by atoms with E-state index in [2.05, 4.69) is 10.1 Å². The van der Waals surface area contributed by atoms with Crippen molar-refractivity contribution in [3.05, 3.63) is 59.5 Å². The summed E-state index contributed by atoms with van der Waals surface area (Å²) >= 11 is 0. The predicted octanol–water partition coefficient (Wildman–Crippen LogP) is 2.41. The van der Waals surface area contributed by atoms with Crippen LogP contribution in [0.15, 0.2) is 47.1 Å². The summed E-state index contributed by atoms with van der Waals surface area (Å²) in [4.78, 5) is 24.9. The molecule has 1 aromatic heterocycles. The summed E-state index contributed by atoms with van der Waals surface area (Å²) in [6.45, 7) is 0.781. The van der Waals surface area contributed by atoms with Crippen LogP contribution in [-0.2, 0) is 17.8 Å². The Bertz CT molecular complexity index is 620. The molecule has 22 heavy (non-hydrogen) atoms. The van der Waals surface area contributed by atoms with Crippen molar-refractivity contribution in [2.45, 2.75) is 13.1 Å². The first-order valence-corrected chi connectivity index (χ1v) is 6.78. The number of rotatable bonds is 5. The summed E-state index contributed by atoms with van der Waals surface area (Å²) in [5.41, 5.74) is 1.40. The number of nitrogens with one attached hydrogen (secondary N) is 1. The average molecular weight is 302 g/mol. The highest BCUT2D eigenvalue weighted by atomic mass is 16.5. The van der Waals surface area contributed by atoms with E-state index in [9.17, 15) is 9.59 Å². The Hall–Kier alpha value is -2.76. The molecule has 2 aromatic rings. The fraction of sp³-hybridized carbons (Fsp3) is 0.250. The third-order valence-electron chi connectivity index (χ3n) is 3.14. The number of urea groups is 1. The molecule has 1 N–H and O–H groups in total. The second-order valence-corrected chi connectivity index (χ2v) is 4.78. The van der Waals surface area contributed by atoms with Gasteiger partial charge in [-0.05, 0) is 29.8 Å². The third-order valence-corrected chi connectivity index (χ3v) is 3.14. The van der Waals surface area contributed by atoms with Gasteiger partial charge in [0.2, 0.25) is 0 Å². The summed E-state index contributed by atoms with van der Waals surface area (Å²) in [7, 11) is 3.04. The Morgan fingerprint density at radius 2 is 1.95 bits per heavy atom. The minimum Gasteiger partial charge on any atom is -0.467 e. The van der Waals surface area contributed by atoms with E-state index in [4.69, 9.17) is 4.42 Å². The zero-order valence-corrected chi connectivity index (χ0v) is 12.5. The molecule has 1 heterocycles. The number of amides is 2. The van der Waals surface area contributed by atoms with Gasteiger partial charge in [0.05, 0.1) is 25.5 Å². The van der Waals surface area contributed by atoms with Gasteiger partial charge < -0.3 is 19.4 Å². The maximum absolute atomic E-state index is 12.0. The predicted molar refractivity (Wildman–Crippen MR) is 80.2 cm³/mol. The largest absolute Gasteiger partial charge is 0.467 e. The van der Waals surface area contributed by atoms with Crippen LogP contribution in [0.5, 0.6) is 0 Å². The lowest BCUT2D eigenvalue weighted by atomic mass is 10.1. The van der Waals surface area contributed by atoms with Gasteiger partial charge in [-0.25, -0.2) is 9.59 Å². The Kier molecular flexibility index (Phi) is 5.19. The quantitative estimate of drug-likeness (QED) is 0.861. The molecule has 2 rings (SSSR count). The first-order valence-electron chi connectivity index (χ1n) is 6.78. The molecule has 0 fully saturated rings. The van der Waals surface area contributed by atoms with Crippen LogP contribution >= 0.6 is 0 Å². The summed E-state index contributed by atoms with van der Waals surface area (Å²) in [6, 6.07) is 10.3. The smallest absolute Gasteiger partial charge is 0.337 e. The lowest BCUT2D eigenvalue weighted by Gasteiger charge is -2.17. The van der Waals surface area contributed by atoms with Gasteiger partial charge in [0, 0.05) is 13.6 Å². The molecule has 0 saturated heterocycles. The number of ether oxygens (including phenoxy) is 1. The van der Waals surface area contributed by atoms with E-state index in [0.29, 0.717) is 24.4 Å². The Morgan fingerprint density at radius 1 is 1.23 bits per heavy atom. The van der Waals surface area contributed by atoms with E-state index in [1.165, 1.54) is 7.11 Å². The van der Waals surface area contributed by atoms with E-state index in [0.717, 1.165) is 5.56 Å². The van der Waals surface area contributed by atoms with E-state index >= 15 is 0 Å². The van der Waals surface area contributed by atoms with Crippen LogP contribution in [0.3, 0.4) is 0 Å². The second-order valence-electron chi connectivity index (χ2n) is 4.78. The molecular formula is C16H18N2O4. The van der Waals surface area contributed by atoms with Gasteiger partial charge in [-0.2, -0.15) is 0 Å². The Morgan fingerprint density at radius 3 is 2.55 bits per heavy atom. The van der Waals surface area contributed by atoms with E-state index in [1.807, 2.05) is 0 Å². The van der Waals surface area contributed by atoms with Gasteiger partial charge >= 0.3 is 12.0 Å². The van der Waals surface area contributed by atoms with Crippen LogP contribution in [0, 0.1) is 0 Å². The van der Waals surface area contributed by atoms with E-state index < -0.39 is 0 Å². The molecule has 6 nitrogen and oxygen atoms in total. The number of nitrogens with zero attached hydrogens (tertiary/aromatic N) is 1. The summed E-state index contributed by atoms with van der Waals surface area (Å²) < 4.78 is 9.79. The second kappa shape index (κ2) is 7.31. The van der Waals surface area contributed by atoms with Crippen molar-refractivity contribution < 1.29 is 18.7 Å². The monoisotopic (exact) mass is 302 g/mol. The highest BCUT2D eigenvalue weighted by molar-refractivity contribution is 5.89. The van der Waals surface area contributed by atoms with E-state index in [-0.39, 0.29) is 12.0 Å². The van der Waals surface area contributed by atoms with Crippen LogP contribution in [0.2, 0.25) is 0 Å². The third kappa shape index (κ3) is 4.12. The Labute approximate surface area is 128 Å². The molecule has 0 unspecified atom stereocenters. The lowest BCUT2D eigenvalue weighted by molar-refractivity contribution is 0.0600. The molecule has 0 bridgehead atoms. The number of carbonyl (C=O) groups is 2. The molecule has 0 aliphatic carbocycles. The first kappa shape index (κ1) is 15.6. The number of furan rings is 1. The molecule has 1 aromatic carbocycles. The maximum atomic E-state index is 12.0. The molecule has 0 aliphatic rings. The molecule has 2 amide bonds. The Balaban J connectivity index is 1.86. The van der Waals surface area contributed by atoms with Crippen LogP contribution in [0.1, 0.15) is 21.7 Å². The number of hydrogen-bond donors (Lipinski definition) is 1. The number of methoxy groups -OCH3 is 1. The molecule has 0 spiro atoms. The minimum absolute atomic E-state index is 0.201. The van der Waals surface area contributed by atoms with Crippen molar-refractivity contribution in [2.75, 3.05) is 14.2 Å². The van der Waals surface area contributed by atoms with Crippen molar-refractivity contribution in [1.29, 1.82) is 0 Å². The number of benzene rings is 1. The number of esters is 1. The molecule has 0 aliphatic heterocycles. The van der Waals surface area contributed by atoms with Gasteiger partial charge in [0.25, 0.3) is 0 Å². The molecule has 6 heteroatoms. The topological polar surface area (TPSA) is 71.8 Å². The summed E-state index contributed by atoms with van der Waals surface area (Å²) in [5.74, 6) is 0.320. The molecular weight excluding hydrogens is 284 g/mol. The van der Waals surface area contributed by atoms with E-state index in [1.54, 1.807) is 54.6 Å². The van der Waals surface area contributed by atoms with Crippen LogP contribution in [0.25, 0.3) is 0 Å². The first-order chi connectivity index (χ1) is 10.6. The standard InChI is InChI=1S/C16H18N2O4/c1-18(16(20)17-10-14-4-3-9-22-14)11-12-5-7-13(8-6-12)15(19)21-2/h3-9H,10-11H2,1-2H3,(H,17,20). The fourth-order valence-corrected chi connectivity index (χ4v) is 1.92. The molecule has 0 radical (unpaired) electrons. The van der Waals surface area contributed by atoms with Gasteiger partial charge in [-0.15, -0.1) is 0 Å². The SMILES string of the molecule is COC(=O)c1ccc(CN(C)C(=O)NCc2ccco2)cc1. The van der Waals surface area contributed by atoms with Crippen molar-refractivity contribution in [2.24, 2.45) is 0 Å². The van der Waals surface area contributed by atoms with Gasteiger partial charge in [0.1, 0.15) is 5.76 Å². The minimum atomic E-state index is -0.379. The normalized spacial score (nSPS) is 10.1. The van der Waals surface area contributed by atoms with Gasteiger partial charge in [0.15, 0.2) is 0 Å². The molecule has 0 atom stereocenters. The van der Waals surface area contributed by atoms with Crippen molar-refractivity contribution in [1.82, 2.24) is 10.2 Å². The highest BCUT2D eigenvalue weighted by Crippen LogP contribution is 2.08. The van der Waals surface area contributed by atoms with Gasteiger partial charge in [-0.3, -0.25) is 0 Å². The maximum Gasteiger partial charge on any atom is 0.337 e. The zero-order chi connectivity index (χ0) is 15.9. The fourth-order valence-electron chi connectivity index (χ4n) is 1.92. The van der Waals surface area contributed by atoms with Gasteiger partial charge in [-0.1, -0.05) is 12.1 Å². The van der Waals surface area contributed by atoms with Crippen LogP contribution in [0.4, 0.5) is 4.79 Å². The number of hydrogen-bond acceptors (Lipinski definition) is 4. The average Bonchev–Trinajstić information content (AvgIpc) is 3.06. The molecule has 0 saturated carbocycles. The van der Waals surface area contributed by atoms with Crippen molar-refractivity contribution in [3.8, 4) is 0 Å².